The molecule has 0 heterocycles. The highest BCUT2D eigenvalue weighted by Crippen LogP contribution is 2.49. The number of ether oxygens (including phenoxy) is 1. The van der Waals surface area contributed by atoms with Gasteiger partial charge in [-0.05, 0) is 25.2 Å². The lowest BCUT2D eigenvalue weighted by Gasteiger charge is -2.47. The Morgan fingerprint density at radius 1 is 1.20 bits per heavy atom. The van der Waals surface area contributed by atoms with Gasteiger partial charge >= 0.3 is 0 Å². The molecule has 0 bridgehead atoms. The molecule has 0 aromatic rings. The highest BCUT2D eigenvalue weighted by molar-refractivity contribution is 5.92. The van der Waals surface area contributed by atoms with Crippen molar-refractivity contribution in [1.29, 1.82) is 0 Å². The molecule has 0 amide bonds. The van der Waals surface area contributed by atoms with Gasteiger partial charge in [-0.1, -0.05) is 58.8 Å². The lowest BCUT2D eigenvalue weighted by molar-refractivity contribution is -0.168. The van der Waals surface area contributed by atoms with Gasteiger partial charge in [0.1, 0.15) is 5.78 Å². The van der Waals surface area contributed by atoms with Crippen molar-refractivity contribution in [1.82, 2.24) is 0 Å². The van der Waals surface area contributed by atoms with E-state index in [4.69, 9.17) is 4.74 Å². The van der Waals surface area contributed by atoms with E-state index in [9.17, 15) is 4.79 Å². The molecule has 2 saturated carbocycles. The van der Waals surface area contributed by atoms with Crippen LogP contribution in [0.1, 0.15) is 84.5 Å². The zero-order chi connectivity index (χ0) is 14.4. The van der Waals surface area contributed by atoms with Crippen molar-refractivity contribution in [3.63, 3.8) is 0 Å². The maximum atomic E-state index is 12.2. The van der Waals surface area contributed by atoms with Crippen LogP contribution in [0.5, 0.6) is 0 Å². The van der Waals surface area contributed by atoms with E-state index in [2.05, 4.69) is 13.8 Å². The molecule has 0 saturated heterocycles. The van der Waals surface area contributed by atoms with E-state index in [1.807, 2.05) is 0 Å². The van der Waals surface area contributed by atoms with Crippen molar-refractivity contribution in [3.05, 3.63) is 0 Å². The van der Waals surface area contributed by atoms with Gasteiger partial charge in [0.05, 0.1) is 11.5 Å². The Bertz CT molecular complexity index is 303. The van der Waals surface area contributed by atoms with Gasteiger partial charge in [-0.2, -0.15) is 0 Å². The number of carbonyl (C=O) groups is 1. The van der Waals surface area contributed by atoms with Crippen LogP contribution >= 0.6 is 0 Å². The average molecular weight is 280 g/mol. The maximum Gasteiger partial charge on any atom is 0.144 e. The molecular weight excluding hydrogens is 248 g/mol. The van der Waals surface area contributed by atoms with Crippen molar-refractivity contribution >= 4 is 5.78 Å². The van der Waals surface area contributed by atoms with Crippen LogP contribution < -0.4 is 0 Å². The monoisotopic (exact) mass is 280 g/mol. The Kier molecular flexibility index (Phi) is 6.07. The Morgan fingerprint density at radius 2 is 1.90 bits per heavy atom. The molecule has 2 nitrogen and oxygen atoms in total. The van der Waals surface area contributed by atoms with E-state index in [-0.39, 0.29) is 11.5 Å². The summed E-state index contributed by atoms with van der Waals surface area (Å²) in [7, 11) is 0. The van der Waals surface area contributed by atoms with Crippen LogP contribution in [0.4, 0.5) is 0 Å². The third-order valence-electron chi connectivity index (χ3n) is 5.61. The standard InChI is InChI=1S/C18H32O2/c1-3-5-10-15(4-2)14-20-17-13-16(19)18(17)11-8-6-7-9-12-18/h15,17H,3-14H2,1-2H3. The molecule has 20 heavy (non-hydrogen) atoms. The van der Waals surface area contributed by atoms with E-state index >= 15 is 0 Å². The van der Waals surface area contributed by atoms with Crippen LogP contribution in [0.3, 0.4) is 0 Å². The highest BCUT2D eigenvalue weighted by Gasteiger charge is 2.54. The summed E-state index contributed by atoms with van der Waals surface area (Å²) in [6.45, 7) is 5.38. The molecule has 0 N–H and O–H groups in total. The number of Topliss-reactive ketones (excluding diaryl/α,β-unsaturated/α-hetero) is 1. The molecule has 0 aliphatic heterocycles. The summed E-state index contributed by atoms with van der Waals surface area (Å²) in [5.41, 5.74) is -0.0699. The first kappa shape index (κ1) is 16.0. The summed E-state index contributed by atoms with van der Waals surface area (Å²) >= 11 is 0. The minimum atomic E-state index is -0.0699. The minimum Gasteiger partial charge on any atom is -0.376 e. The molecule has 2 rings (SSSR count). The number of hydrogen-bond acceptors (Lipinski definition) is 2. The summed E-state index contributed by atoms with van der Waals surface area (Å²) in [6.07, 6.45) is 13.2. The van der Waals surface area contributed by atoms with Crippen molar-refractivity contribution < 1.29 is 9.53 Å². The van der Waals surface area contributed by atoms with Gasteiger partial charge in [-0.25, -0.2) is 0 Å². The zero-order valence-corrected chi connectivity index (χ0v) is 13.5. The molecular formula is C18H32O2. The molecule has 0 aromatic carbocycles. The molecule has 2 aliphatic carbocycles. The van der Waals surface area contributed by atoms with Crippen LogP contribution in [0.2, 0.25) is 0 Å². The Labute approximate surface area is 124 Å². The fraction of sp³-hybridized carbons (Fsp3) is 0.944. The Morgan fingerprint density at radius 3 is 2.45 bits per heavy atom. The van der Waals surface area contributed by atoms with Gasteiger partial charge in [-0.15, -0.1) is 0 Å². The third kappa shape index (κ3) is 3.44. The van der Waals surface area contributed by atoms with Crippen LogP contribution in [0, 0.1) is 11.3 Å². The maximum absolute atomic E-state index is 12.2. The van der Waals surface area contributed by atoms with Crippen molar-refractivity contribution in [3.8, 4) is 0 Å². The first-order valence-electron chi connectivity index (χ1n) is 8.88. The van der Waals surface area contributed by atoms with Gasteiger partial charge in [-0.3, -0.25) is 4.79 Å². The van der Waals surface area contributed by atoms with Gasteiger partial charge in [0.15, 0.2) is 0 Å². The van der Waals surface area contributed by atoms with Crippen molar-refractivity contribution in [2.45, 2.75) is 90.6 Å². The van der Waals surface area contributed by atoms with Gasteiger partial charge < -0.3 is 4.74 Å². The molecule has 2 atom stereocenters. The van der Waals surface area contributed by atoms with E-state index < -0.39 is 0 Å². The number of unbranched alkanes of at least 4 members (excludes halogenated alkanes) is 1. The molecule has 116 valence electrons. The van der Waals surface area contributed by atoms with Crippen molar-refractivity contribution in [2.75, 3.05) is 6.61 Å². The van der Waals surface area contributed by atoms with Crippen LogP contribution in [-0.2, 0) is 9.53 Å². The lowest BCUT2D eigenvalue weighted by Crippen LogP contribution is -2.55. The number of ketones is 1. The first-order valence-corrected chi connectivity index (χ1v) is 8.88. The van der Waals surface area contributed by atoms with E-state index in [1.165, 1.54) is 51.4 Å². The Hall–Kier alpha value is -0.370. The quantitative estimate of drug-likeness (QED) is 0.663. The summed E-state index contributed by atoms with van der Waals surface area (Å²) < 4.78 is 6.23. The predicted octanol–water partition coefficient (Wildman–Crippen LogP) is 4.90. The molecule has 2 aliphatic rings. The predicted molar refractivity (Wildman–Crippen MR) is 82.8 cm³/mol. The van der Waals surface area contributed by atoms with Gasteiger partial charge in [0.25, 0.3) is 0 Å². The Balaban J connectivity index is 1.84. The number of hydrogen-bond donors (Lipinski definition) is 0. The molecule has 2 fully saturated rings. The molecule has 1 spiro atoms. The summed E-state index contributed by atoms with van der Waals surface area (Å²) in [5, 5.41) is 0. The molecule has 0 aromatic heterocycles. The molecule has 2 unspecified atom stereocenters. The zero-order valence-electron chi connectivity index (χ0n) is 13.5. The number of carbonyl (C=O) groups excluding carboxylic acids is 1. The molecule has 2 heteroatoms. The summed E-state index contributed by atoms with van der Waals surface area (Å²) in [6, 6.07) is 0. The minimum absolute atomic E-state index is 0.0699. The SMILES string of the molecule is CCCCC(CC)COC1CC(=O)C12CCCCCC2. The largest absolute Gasteiger partial charge is 0.376 e. The van der Waals surface area contributed by atoms with Crippen molar-refractivity contribution in [2.24, 2.45) is 11.3 Å². The smallest absolute Gasteiger partial charge is 0.144 e. The van der Waals surface area contributed by atoms with Crippen LogP contribution in [-0.4, -0.2) is 18.5 Å². The molecule has 0 radical (unpaired) electrons. The second-order valence-corrected chi connectivity index (χ2v) is 6.94. The van der Waals surface area contributed by atoms with E-state index in [1.54, 1.807) is 0 Å². The van der Waals surface area contributed by atoms with E-state index in [0.717, 1.165) is 19.4 Å². The first-order chi connectivity index (χ1) is 9.73. The van der Waals surface area contributed by atoms with Crippen LogP contribution in [0.15, 0.2) is 0 Å². The number of rotatable bonds is 7. The fourth-order valence-corrected chi connectivity index (χ4v) is 3.94. The summed E-state index contributed by atoms with van der Waals surface area (Å²) in [5.74, 6) is 1.18. The average Bonchev–Trinajstić information content (AvgIpc) is 2.74. The normalized spacial score (nSPS) is 27.1. The van der Waals surface area contributed by atoms with Gasteiger partial charge in [0, 0.05) is 13.0 Å². The second-order valence-electron chi connectivity index (χ2n) is 6.94. The van der Waals surface area contributed by atoms with E-state index in [0.29, 0.717) is 18.1 Å². The van der Waals surface area contributed by atoms with Gasteiger partial charge in [0.2, 0.25) is 0 Å². The second kappa shape index (κ2) is 7.59. The highest BCUT2D eigenvalue weighted by atomic mass is 16.5. The van der Waals surface area contributed by atoms with Crippen LogP contribution in [0.25, 0.3) is 0 Å². The topological polar surface area (TPSA) is 26.3 Å². The fourth-order valence-electron chi connectivity index (χ4n) is 3.94. The summed E-state index contributed by atoms with van der Waals surface area (Å²) in [4.78, 5) is 12.2. The third-order valence-corrected chi connectivity index (χ3v) is 5.61. The lowest BCUT2D eigenvalue weighted by atomic mass is 9.60.